The first-order chi connectivity index (χ1) is 10.4. The van der Waals surface area contributed by atoms with Crippen molar-refractivity contribution in [3.63, 3.8) is 0 Å². The molecule has 1 saturated heterocycles. The summed E-state index contributed by atoms with van der Waals surface area (Å²) in [4.78, 5) is 25.9. The molecule has 5 rings (SSSR count). The Hall–Kier alpha value is -1.06. The van der Waals surface area contributed by atoms with E-state index >= 15 is 0 Å². The topological polar surface area (TPSA) is 57.6 Å². The first kappa shape index (κ1) is 14.5. The summed E-state index contributed by atoms with van der Waals surface area (Å²) >= 11 is 0. The maximum atomic E-state index is 12.8. The van der Waals surface area contributed by atoms with Crippen LogP contribution in [0.4, 0.5) is 0 Å². The zero-order valence-corrected chi connectivity index (χ0v) is 13.5. The predicted molar refractivity (Wildman–Crippen MR) is 82.1 cm³/mol. The predicted octanol–water partition coefficient (Wildman–Crippen LogP) is 2.77. The first-order valence-electron chi connectivity index (χ1n) is 8.95. The Morgan fingerprint density at radius 2 is 1.59 bits per heavy atom. The number of hydrogen-bond acceptors (Lipinski definition) is 2. The standard InChI is InChI=1S/C18H27NO3/c1-11-9-19(10-15(11)17(21)22)16(20)8-18-5-12-2-13(6-18)4-14(3-12)7-18/h11-15H,2-10H2,1H3,(H,21,22)/t11-,12?,13?,14?,15-,18?/m1/s1. The van der Waals surface area contributed by atoms with Crippen LogP contribution in [0.3, 0.4) is 0 Å². The summed E-state index contributed by atoms with van der Waals surface area (Å²) in [6.07, 6.45) is 8.61. The van der Waals surface area contributed by atoms with Crippen molar-refractivity contribution in [3.05, 3.63) is 0 Å². The normalized spacial score (nSPS) is 46.2. The number of hydrogen-bond donors (Lipinski definition) is 1. The van der Waals surface area contributed by atoms with Gasteiger partial charge in [-0.15, -0.1) is 0 Å². The lowest BCUT2D eigenvalue weighted by Crippen LogP contribution is -2.48. The van der Waals surface area contributed by atoms with Crippen LogP contribution in [-0.4, -0.2) is 35.0 Å². The average Bonchev–Trinajstić information content (AvgIpc) is 2.79. The van der Waals surface area contributed by atoms with Crippen LogP contribution < -0.4 is 0 Å². The summed E-state index contributed by atoms with van der Waals surface area (Å²) in [5, 5.41) is 9.25. The molecule has 4 aliphatic carbocycles. The van der Waals surface area contributed by atoms with Crippen LogP contribution in [0.15, 0.2) is 0 Å². The van der Waals surface area contributed by atoms with Crippen LogP contribution in [0.25, 0.3) is 0 Å². The van der Waals surface area contributed by atoms with Gasteiger partial charge in [0.05, 0.1) is 5.92 Å². The monoisotopic (exact) mass is 305 g/mol. The summed E-state index contributed by atoms with van der Waals surface area (Å²) < 4.78 is 0. The Morgan fingerprint density at radius 3 is 2.05 bits per heavy atom. The van der Waals surface area contributed by atoms with Gasteiger partial charge in [0.15, 0.2) is 0 Å². The van der Waals surface area contributed by atoms with Crippen molar-refractivity contribution in [2.75, 3.05) is 13.1 Å². The van der Waals surface area contributed by atoms with E-state index in [9.17, 15) is 14.7 Å². The molecule has 0 aromatic carbocycles. The van der Waals surface area contributed by atoms with Crippen molar-refractivity contribution in [2.45, 2.75) is 51.9 Å². The molecule has 0 aromatic heterocycles. The number of carbonyl (C=O) groups excluding carboxylic acids is 1. The lowest BCUT2D eigenvalue weighted by molar-refractivity contribution is -0.142. The fourth-order valence-corrected chi connectivity index (χ4v) is 6.43. The molecule has 4 saturated carbocycles. The van der Waals surface area contributed by atoms with Crippen LogP contribution in [-0.2, 0) is 9.59 Å². The number of amides is 1. The lowest BCUT2D eigenvalue weighted by Gasteiger charge is -2.56. The molecular weight excluding hydrogens is 278 g/mol. The highest BCUT2D eigenvalue weighted by molar-refractivity contribution is 5.79. The quantitative estimate of drug-likeness (QED) is 0.872. The van der Waals surface area contributed by atoms with Crippen LogP contribution in [0.1, 0.15) is 51.9 Å². The molecular formula is C18H27NO3. The van der Waals surface area contributed by atoms with Gasteiger partial charge < -0.3 is 10.0 Å². The van der Waals surface area contributed by atoms with Crippen molar-refractivity contribution >= 4 is 11.9 Å². The minimum Gasteiger partial charge on any atom is -0.481 e. The van der Waals surface area contributed by atoms with Crippen molar-refractivity contribution in [1.29, 1.82) is 0 Å². The number of rotatable bonds is 3. The van der Waals surface area contributed by atoms with E-state index in [1.54, 1.807) is 0 Å². The number of likely N-dealkylation sites (tertiary alicyclic amines) is 1. The third-order valence-corrected chi connectivity index (χ3v) is 6.97. The van der Waals surface area contributed by atoms with Crippen molar-refractivity contribution in [2.24, 2.45) is 35.0 Å². The molecule has 0 spiro atoms. The Kier molecular flexibility index (Phi) is 3.28. The fraction of sp³-hybridized carbons (Fsp3) is 0.889. The van der Waals surface area contributed by atoms with Gasteiger partial charge in [-0.3, -0.25) is 9.59 Å². The molecule has 2 atom stereocenters. The molecule has 1 amide bonds. The van der Waals surface area contributed by atoms with Crippen LogP contribution in [0.5, 0.6) is 0 Å². The van der Waals surface area contributed by atoms with E-state index < -0.39 is 5.97 Å². The van der Waals surface area contributed by atoms with Gasteiger partial charge in [-0.1, -0.05) is 6.92 Å². The van der Waals surface area contributed by atoms with Gasteiger partial charge in [-0.05, 0) is 67.6 Å². The number of carbonyl (C=O) groups is 2. The van der Waals surface area contributed by atoms with Crippen molar-refractivity contribution < 1.29 is 14.7 Å². The molecule has 5 aliphatic rings. The van der Waals surface area contributed by atoms with Gasteiger partial charge in [0.1, 0.15) is 0 Å². The summed E-state index contributed by atoms with van der Waals surface area (Å²) in [6, 6.07) is 0. The van der Waals surface area contributed by atoms with Crippen molar-refractivity contribution in [1.82, 2.24) is 4.90 Å². The van der Waals surface area contributed by atoms with Gasteiger partial charge in [0.25, 0.3) is 0 Å². The molecule has 4 heteroatoms. The number of nitrogens with zero attached hydrogens (tertiary/aromatic N) is 1. The Balaban J connectivity index is 1.43. The minimum absolute atomic E-state index is 0.0813. The summed E-state index contributed by atoms with van der Waals surface area (Å²) in [7, 11) is 0. The van der Waals surface area contributed by atoms with E-state index in [4.69, 9.17) is 0 Å². The van der Waals surface area contributed by atoms with Gasteiger partial charge in [0.2, 0.25) is 5.91 Å². The maximum Gasteiger partial charge on any atom is 0.308 e. The second-order valence-corrected chi connectivity index (χ2v) is 8.82. The molecule has 1 aliphatic heterocycles. The third kappa shape index (κ3) is 2.35. The van der Waals surface area contributed by atoms with E-state index in [2.05, 4.69) is 0 Å². The summed E-state index contributed by atoms with van der Waals surface area (Å²) in [5.41, 5.74) is 0.260. The van der Waals surface area contributed by atoms with Gasteiger partial charge in [0, 0.05) is 19.5 Å². The Morgan fingerprint density at radius 1 is 1.05 bits per heavy atom. The van der Waals surface area contributed by atoms with Crippen LogP contribution in [0.2, 0.25) is 0 Å². The molecule has 22 heavy (non-hydrogen) atoms. The number of carboxylic acid groups (broad SMARTS) is 1. The van der Waals surface area contributed by atoms with Crippen LogP contribution in [0, 0.1) is 35.0 Å². The van der Waals surface area contributed by atoms with Crippen molar-refractivity contribution in [3.8, 4) is 0 Å². The van der Waals surface area contributed by atoms with Crippen LogP contribution >= 0.6 is 0 Å². The maximum absolute atomic E-state index is 12.8. The smallest absolute Gasteiger partial charge is 0.308 e. The number of carboxylic acids is 1. The Labute approximate surface area is 132 Å². The second kappa shape index (κ2) is 4.97. The number of aliphatic carboxylic acids is 1. The highest BCUT2D eigenvalue weighted by Crippen LogP contribution is 2.61. The summed E-state index contributed by atoms with van der Waals surface area (Å²) in [5.74, 6) is 1.77. The Bertz CT molecular complexity index is 465. The molecule has 5 fully saturated rings. The van der Waals surface area contributed by atoms with Gasteiger partial charge in [-0.2, -0.15) is 0 Å². The van der Waals surface area contributed by atoms with E-state index in [0.717, 1.165) is 17.8 Å². The highest BCUT2D eigenvalue weighted by atomic mass is 16.4. The van der Waals surface area contributed by atoms with Gasteiger partial charge >= 0.3 is 5.97 Å². The fourth-order valence-electron chi connectivity index (χ4n) is 6.43. The van der Waals surface area contributed by atoms with E-state index in [0.29, 0.717) is 19.5 Å². The largest absolute Gasteiger partial charge is 0.481 e. The van der Waals surface area contributed by atoms with E-state index in [1.807, 2.05) is 11.8 Å². The highest BCUT2D eigenvalue weighted by Gasteiger charge is 2.52. The third-order valence-electron chi connectivity index (χ3n) is 6.97. The molecule has 1 N–H and O–H groups in total. The van der Waals surface area contributed by atoms with E-state index in [-0.39, 0.29) is 23.2 Å². The molecule has 0 radical (unpaired) electrons. The second-order valence-electron chi connectivity index (χ2n) is 8.82. The molecule has 0 unspecified atom stereocenters. The SMILES string of the molecule is C[C@@H]1CN(C(=O)CC23CC4CC(CC(C4)C2)C3)C[C@H]1C(=O)O. The minimum atomic E-state index is -0.752. The van der Waals surface area contributed by atoms with E-state index in [1.165, 1.54) is 38.5 Å². The first-order valence-corrected chi connectivity index (χ1v) is 8.95. The molecule has 4 nitrogen and oxygen atoms in total. The summed E-state index contributed by atoms with van der Waals surface area (Å²) in [6.45, 7) is 3.00. The molecule has 0 aromatic rings. The zero-order valence-electron chi connectivity index (χ0n) is 13.5. The molecule has 122 valence electrons. The molecule has 1 heterocycles. The average molecular weight is 305 g/mol. The lowest BCUT2D eigenvalue weighted by atomic mass is 9.49. The van der Waals surface area contributed by atoms with Gasteiger partial charge in [-0.25, -0.2) is 0 Å². The zero-order chi connectivity index (χ0) is 15.5. The molecule has 4 bridgehead atoms.